The zero-order valence-corrected chi connectivity index (χ0v) is 16.1. The molecule has 2 aliphatic rings. The summed E-state index contributed by atoms with van der Waals surface area (Å²) in [6.45, 7) is 6.13. The van der Waals surface area contributed by atoms with Crippen molar-refractivity contribution in [3.63, 3.8) is 0 Å². The summed E-state index contributed by atoms with van der Waals surface area (Å²) in [7, 11) is 0. The van der Waals surface area contributed by atoms with E-state index in [0.29, 0.717) is 18.9 Å². The molecule has 7 heteroatoms. The highest BCUT2D eigenvalue weighted by molar-refractivity contribution is 7.20. The van der Waals surface area contributed by atoms with Crippen LogP contribution in [0.1, 0.15) is 64.8 Å². The number of aryl methyl sites for hydroxylation is 2. The summed E-state index contributed by atoms with van der Waals surface area (Å²) in [6, 6.07) is 0. The Kier molecular flexibility index (Phi) is 4.65. The predicted octanol–water partition coefficient (Wildman–Crippen LogP) is 2.93. The van der Waals surface area contributed by atoms with Crippen molar-refractivity contribution in [3.8, 4) is 0 Å². The molecule has 1 saturated carbocycles. The van der Waals surface area contributed by atoms with Gasteiger partial charge in [-0.3, -0.25) is 9.59 Å². The van der Waals surface area contributed by atoms with Crippen molar-refractivity contribution in [2.75, 3.05) is 19.6 Å². The number of rotatable bonds is 6. The van der Waals surface area contributed by atoms with Gasteiger partial charge in [-0.1, -0.05) is 0 Å². The number of amides is 2. The molecule has 26 heavy (non-hydrogen) atoms. The molecule has 1 aliphatic heterocycles. The lowest BCUT2D eigenvalue weighted by Gasteiger charge is -2.15. The average Bonchev–Trinajstić information content (AvgIpc) is 3.30. The molecule has 1 N–H and O–H groups in total. The highest BCUT2D eigenvalue weighted by atomic mass is 32.1. The van der Waals surface area contributed by atoms with Crippen molar-refractivity contribution in [1.82, 2.24) is 20.2 Å². The number of nitrogens with one attached hydrogen (secondary N) is 1. The molecule has 0 bridgehead atoms. The first-order valence-corrected chi connectivity index (χ1v) is 10.2. The highest BCUT2D eigenvalue weighted by Gasteiger charge is 2.28. The van der Waals surface area contributed by atoms with Crippen LogP contribution in [-0.2, 0) is 4.79 Å². The molecular weight excluding hydrogens is 348 g/mol. The van der Waals surface area contributed by atoms with Gasteiger partial charge in [-0.05, 0) is 45.1 Å². The molecule has 2 aromatic heterocycles. The number of nitrogens with zero attached hydrogens (tertiary/aromatic N) is 3. The Bertz CT molecular complexity index is 872. The summed E-state index contributed by atoms with van der Waals surface area (Å²) >= 11 is 1.46. The van der Waals surface area contributed by atoms with Gasteiger partial charge in [0.1, 0.15) is 10.7 Å². The predicted molar refractivity (Wildman–Crippen MR) is 102 cm³/mol. The molecule has 2 fully saturated rings. The van der Waals surface area contributed by atoms with Crippen LogP contribution in [0.25, 0.3) is 10.2 Å². The molecule has 0 aromatic carbocycles. The molecule has 0 unspecified atom stereocenters. The fourth-order valence-electron chi connectivity index (χ4n) is 3.59. The number of likely N-dealkylation sites (tertiary alicyclic amines) is 1. The SMILES string of the molecule is Cc1nc(C2CC2)nc2sc(C(=O)NCCCN3CCCC3=O)c(C)c12. The van der Waals surface area contributed by atoms with Crippen LogP contribution in [0, 0.1) is 13.8 Å². The summed E-state index contributed by atoms with van der Waals surface area (Å²) in [6.07, 6.45) is 4.74. The van der Waals surface area contributed by atoms with Gasteiger partial charge in [-0.15, -0.1) is 11.3 Å². The third-order valence-corrected chi connectivity index (χ3v) is 6.38. The molecule has 1 aliphatic carbocycles. The summed E-state index contributed by atoms with van der Waals surface area (Å²) in [5.41, 5.74) is 1.94. The van der Waals surface area contributed by atoms with Gasteiger partial charge < -0.3 is 10.2 Å². The van der Waals surface area contributed by atoms with E-state index in [4.69, 9.17) is 4.98 Å². The van der Waals surface area contributed by atoms with Gasteiger partial charge in [-0.2, -0.15) is 0 Å². The molecule has 3 heterocycles. The number of aromatic nitrogens is 2. The fourth-order valence-corrected chi connectivity index (χ4v) is 4.75. The number of hydrogen-bond donors (Lipinski definition) is 1. The van der Waals surface area contributed by atoms with Gasteiger partial charge in [0, 0.05) is 37.4 Å². The molecule has 0 spiro atoms. The smallest absolute Gasteiger partial charge is 0.261 e. The van der Waals surface area contributed by atoms with Gasteiger partial charge in [0.2, 0.25) is 5.91 Å². The fraction of sp³-hybridized carbons (Fsp3) is 0.579. The maximum absolute atomic E-state index is 12.6. The van der Waals surface area contributed by atoms with Crippen molar-refractivity contribution < 1.29 is 9.59 Å². The Morgan fingerprint density at radius 1 is 1.31 bits per heavy atom. The second-order valence-corrected chi connectivity index (χ2v) is 8.27. The van der Waals surface area contributed by atoms with E-state index in [9.17, 15) is 9.59 Å². The van der Waals surface area contributed by atoms with Crippen LogP contribution >= 0.6 is 11.3 Å². The van der Waals surface area contributed by atoms with Crippen LogP contribution < -0.4 is 5.32 Å². The topological polar surface area (TPSA) is 75.2 Å². The minimum absolute atomic E-state index is 0.0504. The third-order valence-electron chi connectivity index (χ3n) is 5.20. The van der Waals surface area contributed by atoms with Gasteiger partial charge in [-0.25, -0.2) is 9.97 Å². The van der Waals surface area contributed by atoms with Crippen molar-refractivity contribution in [3.05, 3.63) is 22.0 Å². The molecule has 2 aromatic rings. The van der Waals surface area contributed by atoms with Crippen LogP contribution in [0.5, 0.6) is 0 Å². The second-order valence-electron chi connectivity index (χ2n) is 7.27. The monoisotopic (exact) mass is 372 g/mol. The standard InChI is InChI=1S/C19H24N4O2S/c1-11-15-12(2)21-17(13-6-7-13)22-19(15)26-16(11)18(25)20-8-4-10-23-9-3-5-14(23)24/h13H,3-10H2,1-2H3,(H,20,25). The molecule has 4 rings (SSSR count). The highest BCUT2D eigenvalue weighted by Crippen LogP contribution is 2.40. The Hall–Kier alpha value is -2.02. The molecule has 138 valence electrons. The van der Waals surface area contributed by atoms with Crippen molar-refractivity contribution in [2.24, 2.45) is 0 Å². The summed E-state index contributed by atoms with van der Waals surface area (Å²) in [5.74, 6) is 1.62. The van der Waals surface area contributed by atoms with Crippen LogP contribution in [0.15, 0.2) is 0 Å². The number of carbonyl (C=O) groups is 2. The van der Waals surface area contributed by atoms with E-state index < -0.39 is 0 Å². The average molecular weight is 372 g/mol. The molecule has 0 radical (unpaired) electrons. The van der Waals surface area contributed by atoms with E-state index in [1.165, 1.54) is 24.2 Å². The first kappa shape index (κ1) is 17.4. The number of fused-ring (bicyclic) bond motifs is 1. The van der Waals surface area contributed by atoms with Crippen LogP contribution in [0.2, 0.25) is 0 Å². The minimum atomic E-state index is -0.0504. The third kappa shape index (κ3) is 3.32. The van der Waals surface area contributed by atoms with E-state index in [0.717, 1.165) is 58.1 Å². The lowest BCUT2D eigenvalue weighted by Crippen LogP contribution is -2.30. The van der Waals surface area contributed by atoms with Gasteiger partial charge >= 0.3 is 0 Å². The van der Waals surface area contributed by atoms with Crippen LogP contribution in [0.3, 0.4) is 0 Å². The quantitative estimate of drug-likeness (QED) is 0.791. The summed E-state index contributed by atoms with van der Waals surface area (Å²) < 4.78 is 0. The first-order valence-electron chi connectivity index (χ1n) is 9.38. The van der Waals surface area contributed by atoms with Gasteiger partial charge in [0.25, 0.3) is 5.91 Å². The lowest BCUT2D eigenvalue weighted by atomic mass is 10.1. The second kappa shape index (κ2) is 6.95. The number of thiophene rings is 1. The number of carbonyl (C=O) groups excluding carboxylic acids is 2. The van der Waals surface area contributed by atoms with E-state index in [1.807, 2.05) is 18.7 Å². The van der Waals surface area contributed by atoms with Crippen molar-refractivity contribution >= 4 is 33.4 Å². The lowest BCUT2D eigenvalue weighted by molar-refractivity contribution is -0.127. The Morgan fingerprint density at radius 2 is 2.12 bits per heavy atom. The molecule has 6 nitrogen and oxygen atoms in total. The maximum Gasteiger partial charge on any atom is 0.261 e. The molecule has 2 amide bonds. The van der Waals surface area contributed by atoms with Gasteiger partial charge in [0.15, 0.2) is 0 Å². The molecular formula is C19H24N4O2S. The Labute approximate surface area is 157 Å². The zero-order chi connectivity index (χ0) is 18.3. The first-order chi connectivity index (χ1) is 12.5. The van der Waals surface area contributed by atoms with E-state index in [-0.39, 0.29) is 11.8 Å². The van der Waals surface area contributed by atoms with Crippen molar-refractivity contribution in [2.45, 2.75) is 51.9 Å². The van der Waals surface area contributed by atoms with E-state index >= 15 is 0 Å². The Balaban J connectivity index is 1.42. The maximum atomic E-state index is 12.6. The Morgan fingerprint density at radius 3 is 2.81 bits per heavy atom. The minimum Gasteiger partial charge on any atom is -0.351 e. The van der Waals surface area contributed by atoms with Crippen molar-refractivity contribution in [1.29, 1.82) is 0 Å². The molecule has 0 atom stereocenters. The molecule has 1 saturated heterocycles. The van der Waals surface area contributed by atoms with Crippen LogP contribution in [-0.4, -0.2) is 46.3 Å². The van der Waals surface area contributed by atoms with E-state index in [2.05, 4.69) is 10.3 Å². The zero-order valence-electron chi connectivity index (χ0n) is 15.3. The summed E-state index contributed by atoms with van der Waals surface area (Å²) in [4.78, 5) is 37.1. The number of hydrogen-bond acceptors (Lipinski definition) is 5. The summed E-state index contributed by atoms with van der Waals surface area (Å²) in [5, 5.41) is 4.01. The van der Waals surface area contributed by atoms with E-state index in [1.54, 1.807) is 0 Å². The largest absolute Gasteiger partial charge is 0.351 e. The van der Waals surface area contributed by atoms with Gasteiger partial charge in [0.05, 0.1) is 10.6 Å². The van der Waals surface area contributed by atoms with Crippen LogP contribution in [0.4, 0.5) is 0 Å². The normalized spacial score (nSPS) is 17.3.